The van der Waals surface area contributed by atoms with Gasteiger partial charge in [-0.15, -0.1) is 11.3 Å². The Balaban J connectivity index is 1.69. The van der Waals surface area contributed by atoms with Crippen LogP contribution in [0.3, 0.4) is 0 Å². The van der Waals surface area contributed by atoms with E-state index in [9.17, 15) is 4.79 Å². The molecule has 4 rings (SSSR count). The highest BCUT2D eigenvalue weighted by atomic mass is 79.9. The Kier molecular flexibility index (Phi) is 6.44. The second-order valence-corrected chi connectivity index (χ2v) is 11.1. The summed E-state index contributed by atoms with van der Waals surface area (Å²) in [6.45, 7) is 6.93. The molecule has 0 unspecified atom stereocenters. The number of thiophene rings is 1. The van der Waals surface area contributed by atoms with E-state index in [2.05, 4.69) is 42.0 Å². The molecule has 1 aliphatic carbocycles. The zero-order valence-electron chi connectivity index (χ0n) is 18.1. The number of hydrogen-bond acceptors (Lipinski definition) is 3. The number of aliphatic imine (C=N–C) groups is 1. The summed E-state index contributed by atoms with van der Waals surface area (Å²) < 4.78 is 1.03. The van der Waals surface area contributed by atoms with Crippen LogP contribution in [0.5, 0.6) is 0 Å². The summed E-state index contributed by atoms with van der Waals surface area (Å²) in [5.41, 5.74) is 4.00. The highest BCUT2D eigenvalue weighted by Gasteiger charge is 2.33. The Hall–Kier alpha value is -2.24. The molecule has 1 heterocycles. The third-order valence-corrected chi connectivity index (χ3v) is 7.62. The molecular weight excluding hydrogens is 468 g/mol. The molecule has 0 spiro atoms. The van der Waals surface area contributed by atoms with Crippen molar-refractivity contribution < 1.29 is 4.79 Å². The van der Waals surface area contributed by atoms with E-state index in [-0.39, 0.29) is 11.3 Å². The molecular formula is C26H27BrN2OS. The minimum absolute atomic E-state index is 0.0686. The summed E-state index contributed by atoms with van der Waals surface area (Å²) in [5.74, 6) is 0.549. The van der Waals surface area contributed by atoms with Crippen molar-refractivity contribution in [3.8, 4) is 0 Å². The first-order valence-corrected chi connectivity index (χ1v) is 12.2. The molecule has 1 aromatic heterocycles. The lowest BCUT2D eigenvalue weighted by Crippen LogP contribution is -2.27. The number of benzene rings is 2. The standard InChI is InChI=1S/C26H27BrN2OS/c1-26(2,3)18-11-14-21-22(15-18)31-25(28-16-17-9-12-19(27)13-10-17)23(21)24(30)29-20-7-5-4-6-8-20/h4-10,12-13,16,18H,11,14-15H2,1-3H3,(H,29,30)/t18-/m1/s1. The number of rotatable bonds is 4. The van der Waals surface area contributed by atoms with Crippen LogP contribution in [0.15, 0.2) is 64.1 Å². The fourth-order valence-electron chi connectivity index (χ4n) is 4.03. The second kappa shape index (κ2) is 9.09. The topological polar surface area (TPSA) is 41.5 Å². The summed E-state index contributed by atoms with van der Waals surface area (Å²) >= 11 is 5.14. The third kappa shape index (κ3) is 5.16. The van der Waals surface area contributed by atoms with Gasteiger partial charge in [-0.2, -0.15) is 0 Å². The number of halogens is 1. The first-order valence-electron chi connectivity index (χ1n) is 10.6. The van der Waals surface area contributed by atoms with Crippen molar-refractivity contribution in [3.63, 3.8) is 0 Å². The van der Waals surface area contributed by atoms with Gasteiger partial charge in [-0.25, -0.2) is 4.99 Å². The lowest BCUT2D eigenvalue weighted by molar-refractivity contribution is 0.102. The van der Waals surface area contributed by atoms with Gasteiger partial charge < -0.3 is 5.32 Å². The molecule has 0 fully saturated rings. The number of para-hydroxylation sites is 1. The number of nitrogens with zero attached hydrogens (tertiary/aromatic N) is 1. The van der Waals surface area contributed by atoms with Crippen molar-refractivity contribution in [3.05, 3.63) is 80.6 Å². The van der Waals surface area contributed by atoms with Crippen LogP contribution < -0.4 is 5.32 Å². The smallest absolute Gasteiger partial charge is 0.259 e. The van der Waals surface area contributed by atoms with E-state index < -0.39 is 0 Å². The van der Waals surface area contributed by atoms with Crippen LogP contribution in [0.25, 0.3) is 0 Å². The van der Waals surface area contributed by atoms with Crippen molar-refractivity contribution in [1.29, 1.82) is 0 Å². The van der Waals surface area contributed by atoms with Crippen molar-refractivity contribution >= 4 is 50.1 Å². The molecule has 3 aromatic rings. The van der Waals surface area contributed by atoms with Gasteiger partial charge in [0.25, 0.3) is 5.91 Å². The largest absolute Gasteiger partial charge is 0.322 e. The van der Waals surface area contributed by atoms with Crippen LogP contribution in [-0.4, -0.2) is 12.1 Å². The van der Waals surface area contributed by atoms with Crippen LogP contribution in [0, 0.1) is 11.3 Å². The maximum absolute atomic E-state index is 13.3. The molecule has 1 amide bonds. The van der Waals surface area contributed by atoms with Crippen LogP contribution in [0.4, 0.5) is 10.7 Å². The molecule has 0 saturated carbocycles. The fraction of sp³-hybridized carbons (Fsp3) is 0.308. The van der Waals surface area contributed by atoms with Gasteiger partial charge in [-0.05, 0) is 66.0 Å². The predicted molar refractivity (Wildman–Crippen MR) is 135 cm³/mol. The van der Waals surface area contributed by atoms with Gasteiger partial charge >= 0.3 is 0 Å². The predicted octanol–water partition coefficient (Wildman–Crippen LogP) is 7.66. The molecule has 1 N–H and O–H groups in total. The molecule has 1 atom stereocenters. The average Bonchev–Trinajstić information content (AvgIpc) is 3.11. The Morgan fingerprint density at radius 2 is 1.84 bits per heavy atom. The summed E-state index contributed by atoms with van der Waals surface area (Å²) in [6, 6.07) is 17.7. The van der Waals surface area contributed by atoms with Crippen LogP contribution >= 0.6 is 27.3 Å². The van der Waals surface area contributed by atoms with Crippen molar-refractivity contribution in [1.82, 2.24) is 0 Å². The monoisotopic (exact) mass is 494 g/mol. The number of nitrogens with one attached hydrogen (secondary N) is 1. The highest BCUT2D eigenvalue weighted by molar-refractivity contribution is 9.10. The highest BCUT2D eigenvalue weighted by Crippen LogP contribution is 2.45. The SMILES string of the molecule is CC(C)(C)[C@@H]1CCc2c(sc(N=Cc3ccc(Br)cc3)c2C(=O)Nc2ccccc2)C1. The third-order valence-electron chi connectivity index (χ3n) is 5.93. The molecule has 3 nitrogen and oxygen atoms in total. The first kappa shape index (κ1) is 22.0. The fourth-order valence-corrected chi connectivity index (χ4v) is 5.57. The summed E-state index contributed by atoms with van der Waals surface area (Å²) in [5, 5.41) is 3.87. The molecule has 0 bridgehead atoms. The van der Waals surface area contributed by atoms with Gasteiger partial charge in [0.15, 0.2) is 0 Å². The van der Waals surface area contributed by atoms with Crippen LogP contribution in [0.1, 0.15) is 53.6 Å². The number of carbonyl (C=O) groups is 1. The Labute approximate surface area is 196 Å². The lowest BCUT2D eigenvalue weighted by Gasteiger charge is -2.33. The Morgan fingerprint density at radius 3 is 2.52 bits per heavy atom. The van der Waals surface area contributed by atoms with Gasteiger partial charge in [0.1, 0.15) is 5.00 Å². The molecule has 2 aromatic carbocycles. The number of hydrogen-bond donors (Lipinski definition) is 1. The normalized spacial score (nSPS) is 16.3. The number of anilines is 1. The average molecular weight is 495 g/mol. The summed E-state index contributed by atoms with van der Waals surface area (Å²) in [7, 11) is 0. The maximum Gasteiger partial charge on any atom is 0.259 e. The quantitative estimate of drug-likeness (QED) is 0.371. The zero-order chi connectivity index (χ0) is 22.0. The minimum atomic E-state index is -0.0686. The Morgan fingerprint density at radius 1 is 1.13 bits per heavy atom. The van der Waals surface area contributed by atoms with E-state index in [0.29, 0.717) is 5.92 Å². The van der Waals surface area contributed by atoms with E-state index in [0.717, 1.165) is 45.6 Å². The van der Waals surface area contributed by atoms with Crippen LogP contribution in [0.2, 0.25) is 0 Å². The molecule has 0 saturated heterocycles. The van der Waals surface area contributed by atoms with Crippen molar-refractivity contribution in [2.24, 2.45) is 16.3 Å². The molecule has 31 heavy (non-hydrogen) atoms. The molecule has 0 radical (unpaired) electrons. The summed E-state index contributed by atoms with van der Waals surface area (Å²) in [6.07, 6.45) is 4.90. The second-order valence-electron chi connectivity index (χ2n) is 9.12. The maximum atomic E-state index is 13.3. The molecule has 160 valence electrons. The van der Waals surface area contributed by atoms with Gasteiger partial charge in [-0.3, -0.25) is 4.79 Å². The molecule has 0 aliphatic heterocycles. The number of carbonyl (C=O) groups excluding carboxylic acids is 1. The lowest BCUT2D eigenvalue weighted by atomic mass is 9.72. The van der Waals surface area contributed by atoms with E-state index in [1.807, 2.05) is 60.8 Å². The number of fused-ring (bicyclic) bond motifs is 1. The number of amides is 1. The van der Waals surface area contributed by atoms with Gasteiger partial charge in [0, 0.05) is 21.3 Å². The van der Waals surface area contributed by atoms with E-state index in [4.69, 9.17) is 4.99 Å². The van der Waals surface area contributed by atoms with Crippen molar-refractivity contribution in [2.75, 3.05) is 5.32 Å². The van der Waals surface area contributed by atoms with E-state index in [1.54, 1.807) is 11.3 Å². The van der Waals surface area contributed by atoms with E-state index in [1.165, 1.54) is 10.4 Å². The van der Waals surface area contributed by atoms with E-state index >= 15 is 0 Å². The summed E-state index contributed by atoms with van der Waals surface area (Å²) in [4.78, 5) is 19.4. The van der Waals surface area contributed by atoms with Crippen molar-refractivity contribution in [2.45, 2.75) is 40.0 Å². The first-order chi connectivity index (χ1) is 14.8. The molecule has 5 heteroatoms. The minimum Gasteiger partial charge on any atom is -0.322 e. The van der Waals surface area contributed by atoms with Gasteiger partial charge in [0.05, 0.1) is 5.56 Å². The Bertz CT molecular complexity index is 1090. The van der Waals surface area contributed by atoms with Gasteiger partial charge in [0.2, 0.25) is 0 Å². The zero-order valence-corrected chi connectivity index (χ0v) is 20.5. The molecule has 1 aliphatic rings. The van der Waals surface area contributed by atoms with Gasteiger partial charge in [-0.1, -0.05) is 67.0 Å². The van der Waals surface area contributed by atoms with Crippen LogP contribution in [-0.2, 0) is 12.8 Å².